The number of hydrogen-bond acceptors (Lipinski definition) is 1. The van der Waals surface area contributed by atoms with E-state index in [9.17, 15) is 0 Å². The molecule has 0 saturated heterocycles. The maximum atomic E-state index is 6.83. The molecule has 2 N–H and O–H groups in total. The standard InChI is InChI=1S/C16H24ClN/c1-11(2)15-8-7-12(3)10-16(15,18)13-5-4-6-14(17)9-13/h4-6,9,11-12,15H,7-8,10,18H2,1-3H3. The van der Waals surface area contributed by atoms with E-state index < -0.39 is 0 Å². The van der Waals surface area contributed by atoms with Gasteiger partial charge in [0, 0.05) is 10.6 Å². The molecule has 0 aromatic heterocycles. The highest BCUT2D eigenvalue weighted by molar-refractivity contribution is 6.30. The van der Waals surface area contributed by atoms with E-state index in [2.05, 4.69) is 32.9 Å². The summed E-state index contributed by atoms with van der Waals surface area (Å²) >= 11 is 6.13. The van der Waals surface area contributed by atoms with E-state index >= 15 is 0 Å². The molecule has 1 aliphatic carbocycles. The minimum Gasteiger partial charge on any atom is -0.321 e. The first-order valence-electron chi connectivity index (χ1n) is 6.98. The van der Waals surface area contributed by atoms with Crippen LogP contribution >= 0.6 is 11.6 Å². The Labute approximate surface area is 116 Å². The fraction of sp³-hybridized carbons (Fsp3) is 0.625. The number of rotatable bonds is 2. The molecule has 0 spiro atoms. The van der Waals surface area contributed by atoms with E-state index in [0.717, 1.165) is 11.4 Å². The third kappa shape index (κ3) is 2.57. The van der Waals surface area contributed by atoms with Crippen molar-refractivity contribution >= 4 is 11.6 Å². The summed E-state index contributed by atoms with van der Waals surface area (Å²) in [5.74, 6) is 1.86. The zero-order chi connectivity index (χ0) is 13.3. The van der Waals surface area contributed by atoms with Crippen LogP contribution in [0, 0.1) is 17.8 Å². The van der Waals surface area contributed by atoms with Crippen molar-refractivity contribution in [2.24, 2.45) is 23.5 Å². The molecule has 0 amide bonds. The van der Waals surface area contributed by atoms with E-state index in [1.165, 1.54) is 18.4 Å². The van der Waals surface area contributed by atoms with Crippen LogP contribution < -0.4 is 5.73 Å². The average Bonchev–Trinajstić information content (AvgIpc) is 2.28. The molecule has 1 aromatic carbocycles. The van der Waals surface area contributed by atoms with Gasteiger partial charge in [0.25, 0.3) is 0 Å². The lowest BCUT2D eigenvalue weighted by Gasteiger charge is -2.46. The van der Waals surface area contributed by atoms with Crippen LogP contribution in [0.3, 0.4) is 0 Å². The second-order valence-corrected chi connectivity index (χ2v) is 6.72. The Balaban J connectivity index is 2.40. The molecule has 2 heteroatoms. The molecule has 0 heterocycles. The maximum absolute atomic E-state index is 6.83. The Morgan fingerprint density at radius 3 is 2.67 bits per heavy atom. The molecule has 1 aliphatic rings. The summed E-state index contributed by atoms with van der Waals surface area (Å²) < 4.78 is 0. The molecular weight excluding hydrogens is 242 g/mol. The van der Waals surface area contributed by atoms with Crippen LogP contribution in [-0.2, 0) is 5.54 Å². The Morgan fingerprint density at radius 1 is 1.33 bits per heavy atom. The smallest absolute Gasteiger partial charge is 0.0443 e. The van der Waals surface area contributed by atoms with Gasteiger partial charge in [-0.2, -0.15) is 0 Å². The summed E-state index contributed by atoms with van der Waals surface area (Å²) in [5, 5.41) is 0.790. The molecule has 100 valence electrons. The van der Waals surface area contributed by atoms with Crippen molar-refractivity contribution in [1.82, 2.24) is 0 Å². The molecule has 1 fully saturated rings. The quantitative estimate of drug-likeness (QED) is 0.832. The first-order chi connectivity index (χ1) is 8.43. The molecule has 0 bridgehead atoms. The van der Waals surface area contributed by atoms with Crippen LogP contribution in [0.15, 0.2) is 24.3 Å². The van der Waals surface area contributed by atoms with Gasteiger partial charge in [-0.05, 0) is 48.3 Å². The number of benzene rings is 1. The SMILES string of the molecule is CC1CCC(C(C)C)C(N)(c2cccc(Cl)c2)C1. The van der Waals surface area contributed by atoms with Gasteiger partial charge < -0.3 is 5.73 Å². The lowest BCUT2D eigenvalue weighted by atomic mass is 9.63. The van der Waals surface area contributed by atoms with E-state index in [1.807, 2.05) is 12.1 Å². The van der Waals surface area contributed by atoms with Crippen LogP contribution in [0.5, 0.6) is 0 Å². The van der Waals surface area contributed by atoms with Gasteiger partial charge in [0.2, 0.25) is 0 Å². The van der Waals surface area contributed by atoms with Crippen LogP contribution in [0.25, 0.3) is 0 Å². The first-order valence-corrected chi connectivity index (χ1v) is 7.36. The highest BCUT2D eigenvalue weighted by atomic mass is 35.5. The van der Waals surface area contributed by atoms with Crippen molar-refractivity contribution in [3.63, 3.8) is 0 Å². The number of hydrogen-bond donors (Lipinski definition) is 1. The third-order valence-electron chi connectivity index (χ3n) is 4.49. The maximum Gasteiger partial charge on any atom is 0.0443 e. The second-order valence-electron chi connectivity index (χ2n) is 6.29. The van der Waals surface area contributed by atoms with Gasteiger partial charge in [0.1, 0.15) is 0 Å². The largest absolute Gasteiger partial charge is 0.321 e. The van der Waals surface area contributed by atoms with Crippen molar-refractivity contribution in [2.75, 3.05) is 0 Å². The second kappa shape index (κ2) is 5.22. The zero-order valence-electron chi connectivity index (χ0n) is 11.6. The first kappa shape index (κ1) is 13.9. The molecule has 3 atom stereocenters. The third-order valence-corrected chi connectivity index (χ3v) is 4.72. The Bertz CT molecular complexity index is 415. The molecule has 1 nitrogen and oxygen atoms in total. The van der Waals surface area contributed by atoms with Crippen molar-refractivity contribution < 1.29 is 0 Å². The lowest BCUT2D eigenvalue weighted by Crippen LogP contribution is -2.50. The van der Waals surface area contributed by atoms with Gasteiger partial charge in [-0.3, -0.25) is 0 Å². The predicted molar refractivity (Wildman–Crippen MR) is 78.7 cm³/mol. The normalized spacial score (nSPS) is 32.8. The number of nitrogens with two attached hydrogens (primary N) is 1. The van der Waals surface area contributed by atoms with E-state index in [4.69, 9.17) is 17.3 Å². The van der Waals surface area contributed by atoms with Crippen LogP contribution in [-0.4, -0.2) is 0 Å². The summed E-state index contributed by atoms with van der Waals surface area (Å²) in [7, 11) is 0. The number of halogens is 1. The summed E-state index contributed by atoms with van der Waals surface area (Å²) in [6.07, 6.45) is 3.58. The minimum atomic E-state index is -0.212. The van der Waals surface area contributed by atoms with Gasteiger partial charge in [-0.1, -0.05) is 50.9 Å². The Hall–Kier alpha value is -0.530. The summed E-state index contributed by atoms with van der Waals surface area (Å²) in [6.45, 7) is 6.88. The molecule has 0 aliphatic heterocycles. The van der Waals surface area contributed by atoms with Gasteiger partial charge in [-0.15, -0.1) is 0 Å². The van der Waals surface area contributed by atoms with Gasteiger partial charge in [-0.25, -0.2) is 0 Å². The summed E-state index contributed by atoms with van der Waals surface area (Å²) in [6, 6.07) is 8.13. The summed E-state index contributed by atoms with van der Waals surface area (Å²) in [4.78, 5) is 0. The summed E-state index contributed by atoms with van der Waals surface area (Å²) in [5.41, 5.74) is 7.82. The fourth-order valence-corrected chi connectivity index (χ4v) is 3.78. The molecule has 1 saturated carbocycles. The fourth-order valence-electron chi connectivity index (χ4n) is 3.59. The zero-order valence-corrected chi connectivity index (χ0v) is 12.4. The highest BCUT2D eigenvalue weighted by Gasteiger charge is 2.42. The molecule has 3 unspecified atom stereocenters. The van der Waals surface area contributed by atoms with Gasteiger partial charge >= 0.3 is 0 Å². The molecule has 1 aromatic rings. The Kier molecular flexibility index (Phi) is 4.03. The monoisotopic (exact) mass is 265 g/mol. The Morgan fingerprint density at radius 2 is 2.06 bits per heavy atom. The minimum absolute atomic E-state index is 0.212. The van der Waals surface area contributed by atoms with Crippen LogP contribution in [0.2, 0.25) is 5.02 Å². The molecule has 2 rings (SSSR count). The van der Waals surface area contributed by atoms with E-state index in [0.29, 0.717) is 17.8 Å². The van der Waals surface area contributed by atoms with E-state index in [1.54, 1.807) is 0 Å². The van der Waals surface area contributed by atoms with Crippen LogP contribution in [0.4, 0.5) is 0 Å². The molecular formula is C16H24ClN. The van der Waals surface area contributed by atoms with Gasteiger partial charge in [0.15, 0.2) is 0 Å². The van der Waals surface area contributed by atoms with Crippen molar-refractivity contribution in [3.05, 3.63) is 34.9 Å². The van der Waals surface area contributed by atoms with Crippen molar-refractivity contribution in [3.8, 4) is 0 Å². The topological polar surface area (TPSA) is 26.0 Å². The molecule has 0 radical (unpaired) electrons. The van der Waals surface area contributed by atoms with E-state index in [-0.39, 0.29) is 5.54 Å². The molecule has 18 heavy (non-hydrogen) atoms. The highest BCUT2D eigenvalue weighted by Crippen LogP contribution is 2.45. The predicted octanol–water partition coefficient (Wildman–Crippen LogP) is 4.59. The van der Waals surface area contributed by atoms with Crippen molar-refractivity contribution in [1.29, 1.82) is 0 Å². The average molecular weight is 266 g/mol. The lowest BCUT2D eigenvalue weighted by molar-refractivity contribution is 0.108. The van der Waals surface area contributed by atoms with Crippen molar-refractivity contribution in [2.45, 2.75) is 45.6 Å². The van der Waals surface area contributed by atoms with Crippen LogP contribution in [0.1, 0.15) is 45.6 Å². The van der Waals surface area contributed by atoms with Gasteiger partial charge in [0.05, 0.1) is 0 Å².